The molecule has 0 amide bonds. The zero-order valence-corrected chi connectivity index (χ0v) is 17.4. The number of rotatable bonds is 4. The van der Waals surface area contributed by atoms with E-state index in [4.69, 9.17) is 14.2 Å². The molecule has 2 aliphatic heterocycles. The Morgan fingerprint density at radius 2 is 1.50 bits per heavy atom. The minimum absolute atomic E-state index is 0.0252. The van der Waals surface area contributed by atoms with E-state index in [1.54, 1.807) is 38.1 Å². The fraction of sp³-hybridized carbons (Fsp3) is 0.333. The molecule has 1 aliphatic carbocycles. The van der Waals surface area contributed by atoms with E-state index >= 15 is 0 Å². The fourth-order valence-corrected chi connectivity index (χ4v) is 5.46. The lowest BCUT2D eigenvalue weighted by Gasteiger charge is -2.39. The molecular weight excluding hydrogens is 416 g/mol. The fourth-order valence-electron chi connectivity index (χ4n) is 5.46. The van der Waals surface area contributed by atoms with Crippen molar-refractivity contribution in [2.45, 2.75) is 31.2 Å². The molecule has 5 rings (SSSR count). The standard InChI is InChI=1S/C24H20O8/c1-3-30-20(27)22-17(25)15-11-7-8-12-16(15)24(22,29)23(21(28)31-4-2)18(26)13-9-5-6-10-14(13)19(22)32-23/h5-12,19,29H,3-4H2,1-2H3/t19-,22-,23-,24+/m1/s1. The molecule has 1 N–H and O–H groups in total. The number of hydrogen-bond acceptors (Lipinski definition) is 8. The number of ketones is 2. The minimum Gasteiger partial charge on any atom is -0.465 e. The van der Waals surface area contributed by atoms with Gasteiger partial charge in [0, 0.05) is 16.7 Å². The summed E-state index contributed by atoms with van der Waals surface area (Å²) in [5.41, 5.74) is -7.45. The van der Waals surface area contributed by atoms with Crippen molar-refractivity contribution in [3.63, 3.8) is 0 Å². The lowest BCUT2D eigenvalue weighted by molar-refractivity contribution is -0.187. The number of hydrogen-bond donors (Lipinski definition) is 1. The SMILES string of the molecule is CCOC(=O)[C@]12O[C@H](c3ccccc3C1=O)[C@@]1(C(=O)OCC)C(=O)c3ccccc3[C@@]21O. The average molecular weight is 436 g/mol. The lowest BCUT2D eigenvalue weighted by Crippen LogP contribution is -2.65. The predicted molar refractivity (Wildman–Crippen MR) is 108 cm³/mol. The van der Waals surface area contributed by atoms with Gasteiger partial charge in [-0.2, -0.15) is 0 Å². The van der Waals surface area contributed by atoms with E-state index in [1.807, 2.05) is 0 Å². The Balaban J connectivity index is 1.96. The number of carbonyl (C=O) groups excluding carboxylic acids is 4. The Kier molecular flexibility index (Phi) is 4.22. The van der Waals surface area contributed by atoms with Crippen molar-refractivity contribution in [2.75, 3.05) is 13.2 Å². The van der Waals surface area contributed by atoms with Gasteiger partial charge in [0.25, 0.3) is 5.60 Å². The van der Waals surface area contributed by atoms with Crippen LogP contribution < -0.4 is 0 Å². The van der Waals surface area contributed by atoms with Gasteiger partial charge >= 0.3 is 11.9 Å². The van der Waals surface area contributed by atoms with Gasteiger partial charge in [-0.25, -0.2) is 4.79 Å². The van der Waals surface area contributed by atoms with Crippen molar-refractivity contribution in [3.05, 3.63) is 70.8 Å². The summed E-state index contributed by atoms with van der Waals surface area (Å²) in [6.07, 6.45) is -1.44. The van der Waals surface area contributed by atoms with Crippen molar-refractivity contribution in [1.29, 1.82) is 0 Å². The van der Waals surface area contributed by atoms with E-state index in [9.17, 15) is 24.3 Å². The van der Waals surface area contributed by atoms with Crippen molar-refractivity contribution in [3.8, 4) is 0 Å². The van der Waals surface area contributed by atoms with Gasteiger partial charge in [-0.05, 0) is 19.4 Å². The molecular formula is C24H20O8. The third-order valence-corrected chi connectivity index (χ3v) is 6.66. The Morgan fingerprint density at radius 1 is 0.906 bits per heavy atom. The van der Waals surface area contributed by atoms with Crippen LogP contribution in [0.4, 0.5) is 0 Å². The van der Waals surface area contributed by atoms with Crippen LogP contribution in [0.15, 0.2) is 48.5 Å². The number of esters is 2. The number of ether oxygens (including phenoxy) is 3. The van der Waals surface area contributed by atoms with Crippen molar-refractivity contribution in [1.82, 2.24) is 0 Å². The molecule has 164 valence electrons. The molecule has 2 aromatic rings. The van der Waals surface area contributed by atoms with Crippen molar-refractivity contribution < 1.29 is 38.5 Å². The maximum Gasteiger partial charge on any atom is 0.350 e. The number of fused-ring (bicyclic) bond motifs is 9. The molecule has 0 unspecified atom stereocenters. The van der Waals surface area contributed by atoms with Crippen LogP contribution in [0.1, 0.15) is 51.8 Å². The van der Waals surface area contributed by atoms with Gasteiger partial charge in [0.2, 0.25) is 5.78 Å². The monoisotopic (exact) mass is 436 g/mol. The Labute approximate surface area is 183 Å². The first-order valence-electron chi connectivity index (χ1n) is 10.4. The Bertz CT molecular complexity index is 1200. The van der Waals surface area contributed by atoms with E-state index < -0.39 is 46.2 Å². The highest BCUT2D eigenvalue weighted by Crippen LogP contribution is 2.71. The van der Waals surface area contributed by atoms with Crippen LogP contribution in [0.2, 0.25) is 0 Å². The Hall–Kier alpha value is -3.36. The summed E-state index contributed by atoms with van der Waals surface area (Å²) in [6, 6.07) is 12.2. The Morgan fingerprint density at radius 3 is 2.19 bits per heavy atom. The predicted octanol–water partition coefficient (Wildman–Crippen LogP) is 1.89. The van der Waals surface area contributed by atoms with Crippen LogP contribution in [0.5, 0.6) is 0 Å². The summed E-state index contributed by atoms with van der Waals surface area (Å²) in [5, 5.41) is 12.4. The molecule has 0 saturated carbocycles. The maximum absolute atomic E-state index is 13.9. The minimum atomic E-state index is -2.67. The highest BCUT2D eigenvalue weighted by molar-refractivity contribution is 6.27. The molecule has 0 radical (unpaired) electrons. The summed E-state index contributed by atoms with van der Waals surface area (Å²) >= 11 is 0. The maximum atomic E-state index is 13.9. The van der Waals surface area contributed by atoms with Crippen LogP contribution in [0, 0.1) is 5.41 Å². The van der Waals surface area contributed by atoms with Gasteiger partial charge in [0.1, 0.15) is 6.10 Å². The molecule has 0 aromatic heterocycles. The molecule has 3 aliphatic rings. The van der Waals surface area contributed by atoms with Gasteiger partial charge in [0.05, 0.1) is 13.2 Å². The van der Waals surface area contributed by atoms with Crippen LogP contribution in [-0.4, -0.2) is 47.4 Å². The molecule has 4 atom stereocenters. The normalized spacial score (nSPS) is 31.5. The summed E-state index contributed by atoms with van der Waals surface area (Å²) in [5.74, 6) is -3.87. The van der Waals surface area contributed by atoms with Crippen molar-refractivity contribution in [2.24, 2.45) is 5.41 Å². The van der Waals surface area contributed by atoms with Gasteiger partial charge in [-0.3, -0.25) is 14.4 Å². The third kappa shape index (κ3) is 1.91. The van der Waals surface area contributed by atoms with E-state index in [0.29, 0.717) is 0 Å². The molecule has 0 spiro atoms. The van der Waals surface area contributed by atoms with Crippen LogP contribution in [-0.2, 0) is 29.4 Å². The van der Waals surface area contributed by atoms with Crippen LogP contribution in [0.25, 0.3) is 0 Å². The molecule has 2 bridgehead atoms. The first kappa shape index (κ1) is 20.5. The summed E-state index contributed by atoms with van der Waals surface area (Å²) in [4.78, 5) is 54.7. The van der Waals surface area contributed by atoms with Gasteiger partial charge in [-0.15, -0.1) is 0 Å². The smallest absolute Gasteiger partial charge is 0.350 e. The van der Waals surface area contributed by atoms with Crippen LogP contribution >= 0.6 is 0 Å². The van der Waals surface area contributed by atoms with Gasteiger partial charge < -0.3 is 19.3 Å². The topological polar surface area (TPSA) is 116 Å². The van der Waals surface area contributed by atoms with Gasteiger partial charge in [-0.1, -0.05) is 48.5 Å². The van der Waals surface area contributed by atoms with Gasteiger partial charge in [0.15, 0.2) is 16.8 Å². The zero-order valence-electron chi connectivity index (χ0n) is 17.4. The average Bonchev–Trinajstić information content (AvgIpc) is 3.15. The number of Topliss-reactive ketones (excluding diaryl/α,β-unsaturated/α-hetero) is 2. The molecule has 32 heavy (non-hydrogen) atoms. The third-order valence-electron chi connectivity index (χ3n) is 6.66. The summed E-state index contributed by atoms with van der Waals surface area (Å²) in [7, 11) is 0. The quantitative estimate of drug-likeness (QED) is 0.571. The largest absolute Gasteiger partial charge is 0.465 e. The first-order chi connectivity index (χ1) is 15.3. The van der Waals surface area contributed by atoms with Crippen LogP contribution in [0.3, 0.4) is 0 Å². The molecule has 2 heterocycles. The first-order valence-corrected chi connectivity index (χ1v) is 10.4. The highest BCUT2D eigenvalue weighted by Gasteiger charge is 2.90. The molecule has 8 heteroatoms. The summed E-state index contributed by atoms with van der Waals surface area (Å²) in [6.45, 7) is 2.90. The second-order valence-electron chi connectivity index (χ2n) is 7.93. The number of aliphatic hydroxyl groups is 1. The molecule has 1 fully saturated rings. The second kappa shape index (κ2) is 6.57. The van der Waals surface area contributed by atoms with E-state index in [0.717, 1.165) is 0 Å². The second-order valence-corrected chi connectivity index (χ2v) is 7.93. The number of carbonyl (C=O) groups is 4. The van der Waals surface area contributed by atoms with E-state index in [2.05, 4.69) is 0 Å². The lowest BCUT2D eigenvalue weighted by atomic mass is 9.63. The molecule has 2 aromatic carbocycles. The van der Waals surface area contributed by atoms with E-state index in [1.165, 1.54) is 24.3 Å². The zero-order chi connectivity index (χ0) is 22.9. The number of benzene rings is 2. The highest BCUT2D eigenvalue weighted by atomic mass is 16.6. The van der Waals surface area contributed by atoms with Crippen molar-refractivity contribution >= 4 is 23.5 Å². The van der Waals surface area contributed by atoms with E-state index in [-0.39, 0.29) is 35.5 Å². The molecule has 1 saturated heterocycles. The summed E-state index contributed by atoms with van der Waals surface area (Å²) < 4.78 is 16.5. The molecule has 8 nitrogen and oxygen atoms in total.